The van der Waals surface area contributed by atoms with Crippen LogP contribution in [0.4, 0.5) is 5.82 Å². The van der Waals surface area contributed by atoms with Crippen molar-refractivity contribution in [3.8, 4) is 0 Å². The summed E-state index contributed by atoms with van der Waals surface area (Å²) in [6, 6.07) is 2.05. The van der Waals surface area contributed by atoms with E-state index in [1.54, 1.807) is 14.2 Å². The Bertz CT molecular complexity index is 491. The summed E-state index contributed by atoms with van der Waals surface area (Å²) < 4.78 is 10.4. The average molecular weight is 294 g/mol. The zero-order chi connectivity index (χ0) is 16.0. The number of nitrogens with two attached hydrogens (primary N) is 1. The van der Waals surface area contributed by atoms with Crippen molar-refractivity contribution in [2.45, 2.75) is 26.8 Å². The monoisotopic (exact) mass is 294 g/mol. The molecular weight excluding hydrogens is 268 g/mol. The number of aromatic nitrogens is 1. The van der Waals surface area contributed by atoms with Crippen LogP contribution in [-0.2, 0) is 9.47 Å². The number of methoxy groups -OCH3 is 2. The molecule has 118 valence electrons. The SMILES string of the molecule is COCCN(c1nc(C)cc(C)c1C(=N)N)C(C)COC. The van der Waals surface area contributed by atoms with Crippen LogP contribution in [0.2, 0.25) is 0 Å². The molecule has 1 heterocycles. The van der Waals surface area contributed by atoms with E-state index in [9.17, 15) is 0 Å². The zero-order valence-corrected chi connectivity index (χ0v) is 13.6. The molecule has 1 unspecified atom stereocenters. The third-order valence-corrected chi connectivity index (χ3v) is 3.34. The molecular formula is C15H26N4O2. The molecule has 0 spiro atoms. The minimum absolute atomic E-state index is 0.0297. The van der Waals surface area contributed by atoms with Crippen LogP contribution >= 0.6 is 0 Å². The van der Waals surface area contributed by atoms with Gasteiger partial charge in [-0.1, -0.05) is 0 Å². The van der Waals surface area contributed by atoms with Crippen LogP contribution in [0, 0.1) is 19.3 Å². The smallest absolute Gasteiger partial charge is 0.140 e. The van der Waals surface area contributed by atoms with Crippen LogP contribution in [-0.4, -0.2) is 50.8 Å². The average Bonchev–Trinajstić information content (AvgIpc) is 2.38. The van der Waals surface area contributed by atoms with Gasteiger partial charge in [0.05, 0.1) is 24.8 Å². The highest BCUT2D eigenvalue weighted by atomic mass is 16.5. The molecule has 0 radical (unpaired) electrons. The molecule has 0 aliphatic rings. The van der Waals surface area contributed by atoms with Gasteiger partial charge in [-0.15, -0.1) is 0 Å². The number of amidine groups is 1. The van der Waals surface area contributed by atoms with E-state index in [1.165, 1.54) is 0 Å². The lowest BCUT2D eigenvalue weighted by atomic mass is 10.1. The first-order valence-electron chi connectivity index (χ1n) is 6.99. The second kappa shape index (κ2) is 7.95. The Balaban J connectivity index is 3.30. The lowest BCUT2D eigenvalue weighted by molar-refractivity contribution is 0.170. The zero-order valence-electron chi connectivity index (χ0n) is 13.6. The quantitative estimate of drug-likeness (QED) is 0.560. The fourth-order valence-electron chi connectivity index (χ4n) is 2.41. The van der Waals surface area contributed by atoms with Gasteiger partial charge < -0.3 is 20.1 Å². The lowest BCUT2D eigenvalue weighted by Crippen LogP contribution is -2.40. The number of nitrogens with one attached hydrogen (secondary N) is 1. The van der Waals surface area contributed by atoms with Gasteiger partial charge in [-0.05, 0) is 32.4 Å². The normalized spacial score (nSPS) is 12.2. The van der Waals surface area contributed by atoms with E-state index < -0.39 is 0 Å². The maximum Gasteiger partial charge on any atom is 0.140 e. The summed E-state index contributed by atoms with van der Waals surface area (Å²) in [6.07, 6.45) is 0. The predicted molar refractivity (Wildman–Crippen MR) is 85.3 cm³/mol. The largest absolute Gasteiger partial charge is 0.384 e. The van der Waals surface area contributed by atoms with Gasteiger partial charge in [0.1, 0.15) is 11.7 Å². The van der Waals surface area contributed by atoms with Gasteiger partial charge in [0.15, 0.2) is 0 Å². The van der Waals surface area contributed by atoms with Crippen molar-refractivity contribution in [3.63, 3.8) is 0 Å². The first-order chi connectivity index (χ1) is 9.92. The van der Waals surface area contributed by atoms with E-state index in [1.807, 2.05) is 19.9 Å². The molecule has 1 aromatic heterocycles. The molecule has 3 N–H and O–H groups in total. The van der Waals surface area contributed by atoms with Crippen LogP contribution in [0.1, 0.15) is 23.7 Å². The molecule has 0 amide bonds. The molecule has 0 aliphatic carbocycles. The van der Waals surface area contributed by atoms with E-state index in [2.05, 4.69) is 16.8 Å². The van der Waals surface area contributed by atoms with Gasteiger partial charge >= 0.3 is 0 Å². The highest BCUT2D eigenvalue weighted by molar-refractivity contribution is 6.01. The molecule has 0 saturated carbocycles. The molecule has 0 aliphatic heterocycles. The highest BCUT2D eigenvalue weighted by Crippen LogP contribution is 2.24. The second-order valence-corrected chi connectivity index (χ2v) is 5.18. The summed E-state index contributed by atoms with van der Waals surface area (Å²) in [4.78, 5) is 6.69. The van der Waals surface area contributed by atoms with Crippen LogP contribution < -0.4 is 10.6 Å². The summed E-state index contributed by atoms with van der Waals surface area (Å²) in [5.41, 5.74) is 8.30. The van der Waals surface area contributed by atoms with Gasteiger partial charge in [0.25, 0.3) is 0 Å². The lowest BCUT2D eigenvalue weighted by Gasteiger charge is -2.32. The van der Waals surface area contributed by atoms with E-state index in [0.29, 0.717) is 25.3 Å². The van der Waals surface area contributed by atoms with Crippen molar-refractivity contribution in [2.75, 3.05) is 38.9 Å². The Morgan fingerprint density at radius 1 is 1.38 bits per heavy atom. The van der Waals surface area contributed by atoms with E-state index in [4.69, 9.17) is 20.6 Å². The minimum Gasteiger partial charge on any atom is -0.384 e. The number of rotatable bonds is 8. The third-order valence-electron chi connectivity index (χ3n) is 3.34. The molecule has 0 aromatic carbocycles. The molecule has 21 heavy (non-hydrogen) atoms. The number of nitrogen functional groups attached to an aromatic ring is 1. The first-order valence-corrected chi connectivity index (χ1v) is 6.99. The molecule has 6 nitrogen and oxygen atoms in total. The van der Waals surface area contributed by atoms with Gasteiger partial charge in [-0.25, -0.2) is 4.98 Å². The van der Waals surface area contributed by atoms with Crippen molar-refractivity contribution in [1.29, 1.82) is 5.41 Å². The van der Waals surface area contributed by atoms with Gasteiger partial charge in [0.2, 0.25) is 0 Å². The summed E-state index contributed by atoms with van der Waals surface area (Å²) in [5.74, 6) is 0.753. The Hall–Kier alpha value is -1.66. The number of hydrogen-bond acceptors (Lipinski definition) is 5. The Kier molecular flexibility index (Phi) is 6.58. The van der Waals surface area contributed by atoms with Crippen LogP contribution in [0.15, 0.2) is 6.07 Å². The molecule has 0 bridgehead atoms. The maximum atomic E-state index is 7.85. The molecule has 0 saturated heterocycles. The summed E-state index contributed by atoms with van der Waals surface area (Å²) in [7, 11) is 3.34. The van der Waals surface area contributed by atoms with Crippen LogP contribution in [0.3, 0.4) is 0 Å². The highest BCUT2D eigenvalue weighted by Gasteiger charge is 2.22. The van der Waals surface area contributed by atoms with Crippen molar-refractivity contribution < 1.29 is 9.47 Å². The van der Waals surface area contributed by atoms with Gasteiger partial charge in [0, 0.05) is 26.5 Å². The molecule has 1 atom stereocenters. The van der Waals surface area contributed by atoms with E-state index >= 15 is 0 Å². The van der Waals surface area contributed by atoms with Crippen molar-refractivity contribution in [2.24, 2.45) is 5.73 Å². The molecule has 0 fully saturated rings. The number of anilines is 1. The number of hydrogen-bond donors (Lipinski definition) is 2. The Morgan fingerprint density at radius 2 is 2.05 bits per heavy atom. The molecule has 6 heteroatoms. The summed E-state index contributed by atoms with van der Waals surface area (Å²) >= 11 is 0. The predicted octanol–water partition coefficient (Wildman–Crippen LogP) is 1.47. The topological polar surface area (TPSA) is 84.5 Å². The maximum absolute atomic E-state index is 7.85. The molecule has 1 aromatic rings. The molecule has 1 rings (SSSR count). The third kappa shape index (κ3) is 4.41. The van der Waals surface area contributed by atoms with Crippen molar-refractivity contribution >= 4 is 11.7 Å². The Labute approximate surface area is 126 Å². The van der Waals surface area contributed by atoms with Crippen LogP contribution in [0.25, 0.3) is 0 Å². The fraction of sp³-hybridized carbons (Fsp3) is 0.600. The van der Waals surface area contributed by atoms with Gasteiger partial charge in [-0.2, -0.15) is 0 Å². The summed E-state index contributed by atoms with van der Waals surface area (Å²) in [5, 5.41) is 7.85. The second-order valence-electron chi connectivity index (χ2n) is 5.18. The van der Waals surface area contributed by atoms with Crippen molar-refractivity contribution in [3.05, 3.63) is 22.9 Å². The van der Waals surface area contributed by atoms with Crippen molar-refractivity contribution in [1.82, 2.24) is 4.98 Å². The Morgan fingerprint density at radius 3 is 2.57 bits per heavy atom. The van der Waals surface area contributed by atoms with Gasteiger partial charge in [-0.3, -0.25) is 5.41 Å². The first kappa shape index (κ1) is 17.4. The number of pyridine rings is 1. The van der Waals surface area contributed by atoms with E-state index in [0.717, 1.165) is 17.1 Å². The number of ether oxygens (including phenoxy) is 2. The summed E-state index contributed by atoms with van der Waals surface area (Å²) in [6.45, 7) is 7.75. The van der Waals surface area contributed by atoms with Crippen LogP contribution in [0.5, 0.6) is 0 Å². The fourth-order valence-corrected chi connectivity index (χ4v) is 2.41. The van der Waals surface area contributed by atoms with E-state index in [-0.39, 0.29) is 11.9 Å². The number of nitrogens with zero attached hydrogens (tertiary/aromatic N) is 2. The standard InChI is InChI=1S/C15H26N4O2/c1-10-8-11(2)18-15(13(10)14(16)17)19(6-7-20-4)12(3)9-21-5/h8,12H,6-7,9H2,1-5H3,(H3,16,17). The number of aryl methyl sites for hydroxylation is 2. The minimum atomic E-state index is 0.0297.